The molecule has 0 N–H and O–H groups in total. The van der Waals surface area contributed by atoms with Gasteiger partial charge < -0.3 is 18.8 Å². The lowest BCUT2D eigenvalue weighted by Crippen LogP contribution is -2.30. The molecule has 22 heavy (non-hydrogen) atoms. The van der Waals surface area contributed by atoms with Crippen LogP contribution in [0.4, 0.5) is 4.39 Å². The van der Waals surface area contributed by atoms with Crippen molar-refractivity contribution in [1.29, 1.82) is 0 Å². The molecular formula is C15H17FN2O4. The van der Waals surface area contributed by atoms with Gasteiger partial charge in [0.1, 0.15) is 17.8 Å². The van der Waals surface area contributed by atoms with Gasteiger partial charge in [-0.25, -0.2) is 9.37 Å². The summed E-state index contributed by atoms with van der Waals surface area (Å²) in [4.78, 5) is 17.6. The Bertz CT molecular complexity index is 630. The van der Waals surface area contributed by atoms with E-state index in [-0.39, 0.29) is 29.9 Å². The number of oxazole rings is 1. The fraction of sp³-hybridized carbons (Fsp3) is 0.333. The van der Waals surface area contributed by atoms with Crippen molar-refractivity contribution >= 4 is 5.91 Å². The van der Waals surface area contributed by atoms with E-state index in [2.05, 4.69) is 4.98 Å². The number of benzene rings is 1. The SMILES string of the molecule is COCCN(C)C(=O)c1coc(COc2cccc(F)c2)n1. The van der Waals surface area contributed by atoms with E-state index in [1.807, 2.05) is 0 Å². The molecule has 1 heterocycles. The summed E-state index contributed by atoms with van der Waals surface area (Å²) in [6.07, 6.45) is 1.27. The van der Waals surface area contributed by atoms with Crippen LogP contribution >= 0.6 is 0 Å². The largest absolute Gasteiger partial charge is 0.484 e. The third-order valence-corrected chi connectivity index (χ3v) is 2.91. The minimum atomic E-state index is -0.388. The molecule has 0 fully saturated rings. The Labute approximate surface area is 127 Å². The van der Waals surface area contributed by atoms with Gasteiger partial charge in [-0.05, 0) is 12.1 Å². The average Bonchev–Trinajstić information content (AvgIpc) is 2.99. The Kier molecular flexibility index (Phi) is 5.48. The third-order valence-electron chi connectivity index (χ3n) is 2.91. The zero-order chi connectivity index (χ0) is 15.9. The molecule has 6 nitrogen and oxygen atoms in total. The van der Waals surface area contributed by atoms with E-state index in [1.165, 1.54) is 23.3 Å². The van der Waals surface area contributed by atoms with Gasteiger partial charge in [-0.15, -0.1) is 0 Å². The van der Waals surface area contributed by atoms with Crippen molar-refractivity contribution in [1.82, 2.24) is 9.88 Å². The highest BCUT2D eigenvalue weighted by molar-refractivity contribution is 5.91. The van der Waals surface area contributed by atoms with Gasteiger partial charge in [0.15, 0.2) is 12.3 Å². The molecule has 1 aromatic carbocycles. The molecule has 0 radical (unpaired) electrons. The van der Waals surface area contributed by atoms with Crippen molar-refractivity contribution in [3.63, 3.8) is 0 Å². The molecule has 7 heteroatoms. The van der Waals surface area contributed by atoms with Gasteiger partial charge in [0.2, 0.25) is 5.89 Å². The number of carbonyl (C=O) groups excluding carboxylic acids is 1. The molecule has 0 bridgehead atoms. The maximum Gasteiger partial charge on any atom is 0.275 e. The smallest absolute Gasteiger partial charge is 0.275 e. The van der Waals surface area contributed by atoms with Gasteiger partial charge in [-0.2, -0.15) is 0 Å². The molecule has 1 aromatic heterocycles. The first-order valence-electron chi connectivity index (χ1n) is 6.67. The van der Waals surface area contributed by atoms with Gasteiger partial charge in [0.05, 0.1) is 6.61 Å². The van der Waals surface area contributed by atoms with Crippen molar-refractivity contribution in [3.05, 3.63) is 47.9 Å². The van der Waals surface area contributed by atoms with Crippen LogP contribution in [-0.2, 0) is 11.3 Å². The number of carbonyl (C=O) groups is 1. The summed E-state index contributed by atoms with van der Waals surface area (Å²) in [5.41, 5.74) is 0.191. The normalized spacial score (nSPS) is 10.5. The van der Waals surface area contributed by atoms with Crippen molar-refractivity contribution in [2.45, 2.75) is 6.61 Å². The molecule has 0 aliphatic rings. The number of nitrogens with zero attached hydrogens (tertiary/aromatic N) is 2. The summed E-state index contributed by atoms with van der Waals surface area (Å²) < 4.78 is 28.5. The van der Waals surface area contributed by atoms with E-state index in [0.717, 1.165) is 0 Å². The number of hydrogen-bond donors (Lipinski definition) is 0. The first-order valence-corrected chi connectivity index (χ1v) is 6.67. The number of rotatable bonds is 7. The standard InChI is InChI=1S/C15H17FN2O4/c1-18(6-7-20-2)15(19)13-9-22-14(17-13)10-21-12-5-3-4-11(16)8-12/h3-5,8-9H,6-7,10H2,1-2H3. The predicted molar refractivity (Wildman–Crippen MR) is 76.1 cm³/mol. The van der Waals surface area contributed by atoms with Gasteiger partial charge in [0, 0.05) is 26.8 Å². The van der Waals surface area contributed by atoms with Crippen LogP contribution in [0.1, 0.15) is 16.4 Å². The van der Waals surface area contributed by atoms with Crippen LogP contribution in [0.5, 0.6) is 5.75 Å². The Morgan fingerprint density at radius 1 is 1.45 bits per heavy atom. The first-order chi connectivity index (χ1) is 10.6. The molecule has 2 rings (SSSR count). The van der Waals surface area contributed by atoms with Crippen LogP contribution in [0.2, 0.25) is 0 Å². The van der Waals surface area contributed by atoms with Gasteiger partial charge in [-0.3, -0.25) is 4.79 Å². The Balaban J connectivity index is 1.92. The summed E-state index contributed by atoms with van der Waals surface area (Å²) in [7, 11) is 3.22. The zero-order valence-corrected chi connectivity index (χ0v) is 12.4. The number of aromatic nitrogens is 1. The van der Waals surface area contributed by atoms with Crippen LogP contribution in [0.15, 0.2) is 34.9 Å². The fourth-order valence-corrected chi connectivity index (χ4v) is 1.70. The molecule has 0 unspecified atom stereocenters. The topological polar surface area (TPSA) is 64.8 Å². The van der Waals surface area contributed by atoms with Crippen LogP contribution < -0.4 is 4.74 Å². The number of hydrogen-bond acceptors (Lipinski definition) is 5. The minimum Gasteiger partial charge on any atom is -0.484 e. The Hall–Kier alpha value is -2.41. The zero-order valence-electron chi connectivity index (χ0n) is 12.4. The number of methoxy groups -OCH3 is 1. The van der Waals surface area contributed by atoms with E-state index in [4.69, 9.17) is 13.9 Å². The molecule has 118 valence electrons. The second-order valence-electron chi connectivity index (χ2n) is 4.59. The van der Waals surface area contributed by atoms with Crippen molar-refractivity contribution in [2.24, 2.45) is 0 Å². The lowest BCUT2D eigenvalue weighted by atomic mass is 10.3. The van der Waals surface area contributed by atoms with Crippen LogP contribution in [-0.4, -0.2) is 43.1 Å². The quantitative estimate of drug-likeness (QED) is 0.784. The molecule has 0 aliphatic carbocycles. The summed E-state index contributed by atoms with van der Waals surface area (Å²) >= 11 is 0. The number of likely N-dealkylation sites (N-methyl/N-ethyl adjacent to an activating group) is 1. The minimum absolute atomic E-state index is 0.0124. The maximum atomic E-state index is 13.0. The first kappa shape index (κ1) is 16.0. The summed E-state index contributed by atoms with van der Waals surface area (Å²) in [5, 5.41) is 0. The highest BCUT2D eigenvalue weighted by Crippen LogP contribution is 2.14. The number of amides is 1. The third kappa shape index (κ3) is 4.29. The summed E-state index contributed by atoms with van der Waals surface area (Å²) in [6.45, 7) is 0.908. The summed E-state index contributed by atoms with van der Waals surface area (Å²) in [6, 6.07) is 5.74. The number of halogens is 1. The van der Waals surface area contributed by atoms with E-state index in [1.54, 1.807) is 26.3 Å². The van der Waals surface area contributed by atoms with E-state index < -0.39 is 0 Å². The molecular weight excluding hydrogens is 291 g/mol. The molecule has 0 atom stereocenters. The van der Waals surface area contributed by atoms with E-state index in [9.17, 15) is 9.18 Å². The second kappa shape index (κ2) is 7.56. The molecule has 2 aromatic rings. The van der Waals surface area contributed by atoms with Crippen molar-refractivity contribution < 1.29 is 23.1 Å². The summed E-state index contributed by atoms with van der Waals surface area (Å²) in [5.74, 6) is -0.0469. The monoisotopic (exact) mass is 308 g/mol. The lowest BCUT2D eigenvalue weighted by Gasteiger charge is -2.14. The lowest BCUT2D eigenvalue weighted by molar-refractivity contribution is 0.0738. The van der Waals surface area contributed by atoms with Gasteiger partial charge >= 0.3 is 0 Å². The highest BCUT2D eigenvalue weighted by atomic mass is 19.1. The maximum absolute atomic E-state index is 13.0. The molecule has 0 saturated heterocycles. The van der Waals surface area contributed by atoms with E-state index in [0.29, 0.717) is 18.9 Å². The van der Waals surface area contributed by atoms with Crippen molar-refractivity contribution in [2.75, 3.05) is 27.3 Å². The Morgan fingerprint density at radius 3 is 3.00 bits per heavy atom. The van der Waals surface area contributed by atoms with E-state index >= 15 is 0 Å². The van der Waals surface area contributed by atoms with Gasteiger partial charge in [-0.1, -0.05) is 6.07 Å². The van der Waals surface area contributed by atoms with Gasteiger partial charge in [0.25, 0.3) is 5.91 Å². The van der Waals surface area contributed by atoms with Crippen LogP contribution in [0.25, 0.3) is 0 Å². The molecule has 0 saturated carbocycles. The van der Waals surface area contributed by atoms with Crippen LogP contribution in [0.3, 0.4) is 0 Å². The van der Waals surface area contributed by atoms with Crippen molar-refractivity contribution in [3.8, 4) is 5.75 Å². The second-order valence-corrected chi connectivity index (χ2v) is 4.59. The Morgan fingerprint density at radius 2 is 2.27 bits per heavy atom. The number of ether oxygens (including phenoxy) is 2. The fourth-order valence-electron chi connectivity index (χ4n) is 1.70. The predicted octanol–water partition coefficient (Wildman–Crippen LogP) is 2.11. The molecule has 1 amide bonds. The average molecular weight is 308 g/mol. The van der Waals surface area contributed by atoms with Crippen LogP contribution in [0, 0.1) is 5.82 Å². The molecule has 0 aliphatic heterocycles. The molecule has 0 spiro atoms. The highest BCUT2D eigenvalue weighted by Gasteiger charge is 2.16.